The average molecular weight is 474 g/mol. The summed E-state index contributed by atoms with van der Waals surface area (Å²) in [6.45, 7) is 4.52. The van der Waals surface area contributed by atoms with Crippen molar-refractivity contribution in [3.8, 4) is 0 Å². The molecule has 1 amide bonds. The van der Waals surface area contributed by atoms with E-state index in [0.29, 0.717) is 13.1 Å². The molecule has 0 bridgehead atoms. The Labute approximate surface area is 168 Å². The van der Waals surface area contributed by atoms with E-state index in [9.17, 15) is 4.79 Å². The topological polar surface area (TPSA) is 65.8 Å². The molecule has 1 N–H and O–H groups in total. The van der Waals surface area contributed by atoms with Gasteiger partial charge >= 0.3 is 0 Å². The fourth-order valence-corrected chi connectivity index (χ4v) is 3.60. The Hall–Kier alpha value is -1.62. The van der Waals surface area contributed by atoms with Gasteiger partial charge < -0.3 is 15.1 Å². The Morgan fingerprint density at radius 2 is 2.24 bits per heavy atom. The van der Waals surface area contributed by atoms with Gasteiger partial charge in [0.05, 0.1) is 18.4 Å². The zero-order valence-electron chi connectivity index (χ0n) is 14.6. The molecule has 0 aromatic carbocycles. The van der Waals surface area contributed by atoms with Crippen LogP contribution in [-0.4, -0.2) is 53.2 Å². The van der Waals surface area contributed by atoms with Crippen LogP contribution >= 0.6 is 35.3 Å². The van der Waals surface area contributed by atoms with E-state index in [1.54, 1.807) is 34.2 Å². The van der Waals surface area contributed by atoms with Crippen LogP contribution in [0.5, 0.6) is 0 Å². The van der Waals surface area contributed by atoms with E-state index in [2.05, 4.69) is 33.8 Å². The molecule has 1 aliphatic rings. The summed E-state index contributed by atoms with van der Waals surface area (Å²) >= 11 is 1.73. The Kier molecular flexibility index (Phi) is 6.82. The highest BCUT2D eigenvalue weighted by Gasteiger charge is 2.27. The summed E-state index contributed by atoms with van der Waals surface area (Å²) in [5.41, 5.74) is 2.12. The van der Waals surface area contributed by atoms with Crippen molar-refractivity contribution in [1.29, 1.82) is 0 Å². The maximum atomic E-state index is 12.5. The van der Waals surface area contributed by atoms with Crippen molar-refractivity contribution in [2.45, 2.75) is 13.5 Å². The number of hydrogen-bond donors (Lipinski definition) is 1. The summed E-state index contributed by atoms with van der Waals surface area (Å²) in [5, 5.41) is 9.59. The minimum Gasteiger partial charge on any atom is -0.351 e. The summed E-state index contributed by atoms with van der Waals surface area (Å²) < 4.78 is 1.71. The van der Waals surface area contributed by atoms with E-state index in [4.69, 9.17) is 0 Å². The third-order valence-corrected chi connectivity index (χ3v) is 5.13. The summed E-state index contributed by atoms with van der Waals surface area (Å²) in [5.74, 6) is 0.825. The minimum atomic E-state index is 0. The highest BCUT2D eigenvalue weighted by Crippen LogP contribution is 2.17. The largest absolute Gasteiger partial charge is 0.351 e. The van der Waals surface area contributed by atoms with Crippen LogP contribution < -0.4 is 10.2 Å². The van der Waals surface area contributed by atoms with Crippen molar-refractivity contribution < 1.29 is 4.79 Å². The Morgan fingerprint density at radius 1 is 1.44 bits per heavy atom. The number of hydrogen-bond acceptors (Lipinski definition) is 4. The van der Waals surface area contributed by atoms with Crippen molar-refractivity contribution in [1.82, 2.24) is 20.0 Å². The Balaban J connectivity index is 0.00000225. The fraction of sp³-hybridized carbons (Fsp3) is 0.438. The molecular formula is C16H23IN6OS. The lowest BCUT2D eigenvalue weighted by molar-refractivity contribution is -0.120. The number of nitrogens with one attached hydrogen (secondary N) is 1. The van der Waals surface area contributed by atoms with Gasteiger partial charge in [0.1, 0.15) is 6.54 Å². The van der Waals surface area contributed by atoms with E-state index < -0.39 is 0 Å². The van der Waals surface area contributed by atoms with Crippen molar-refractivity contribution >= 4 is 52.9 Å². The number of rotatable bonds is 3. The second-order valence-corrected chi connectivity index (χ2v) is 6.77. The molecule has 136 valence electrons. The zero-order chi connectivity index (χ0) is 17.1. The smallest absolute Gasteiger partial charge is 0.246 e. The molecule has 0 spiro atoms. The molecule has 3 rings (SSSR count). The molecular weight excluding hydrogens is 451 g/mol. The van der Waals surface area contributed by atoms with Gasteiger partial charge in [-0.05, 0) is 23.9 Å². The van der Waals surface area contributed by atoms with Crippen LogP contribution in [0, 0.1) is 6.92 Å². The normalized spacial score (nSPS) is 15.3. The van der Waals surface area contributed by atoms with Crippen LogP contribution in [0.25, 0.3) is 0 Å². The highest BCUT2D eigenvalue weighted by atomic mass is 127. The van der Waals surface area contributed by atoms with Gasteiger partial charge in [-0.1, -0.05) is 0 Å². The predicted octanol–water partition coefficient (Wildman–Crippen LogP) is 1.83. The van der Waals surface area contributed by atoms with Gasteiger partial charge in [-0.2, -0.15) is 5.10 Å². The van der Waals surface area contributed by atoms with Crippen LogP contribution in [0.15, 0.2) is 28.8 Å². The number of amides is 1. The van der Waals surface area contributed by atoms with Gasteiger partial charge in [0.15, 0.2) is 5.96 Å². The number of halogens is 1. The molecule has 7 nitrogen and oxygen atoms in total. The molecule has 1 fully saturated rings. The molecule has 0 atom stereocenters. The second kappa shape index (κ2) is 8.65. The summed E-state index contributed by atoms with van der Waals surface area (Å²) in [7, 11) is 3.60. The Morgan fingerprint density at radius 3 is 2.80 bits per heavy atom. The SMILES string of the molecule is CN=C(NCc1sccc1C)N1CCN(c2cnn(C)c2)C(=O)C1.I. The van der Waals surface area contributed by atoms with Crippen molar-refractivity contribution in [2.24, 2.45) is 12.0 Å². The number of carbonyl (C=O) groups excluding carboxylic acids is 1. The number of aryl methyl sites for hydroxylation is 2. The van der Waals surface area contributed by atoms with Crippen LogP contribution in [0.1, 0.15) is 10.4 Å². The monoisotopic (exact) mass is 474 g/mol. The molecule has 0 unspecified atom stereocenters. The number of nitrogens with zero attached hydrogens (tertiary/aromatic N) is 5. The van der Waals surface area contributed by atoms with Gasteiger partial charge in [0.25, 0.3) is 0 Å². The third kappa shape index (κ3) is 4.51. The predicted molar refractivity (Wildman–Crippen MR) is 112 cm³/mol. The number of aliphatic imine (C=N–C) groups is 1. The first-order valence-corrected chi connectivity index (χ1v) is 8.74. The molecule has 2 aromatic heterocycles. The maximum absolute atomic E-state index is 12.5. The lowest BCUT2D eigenvalue weighted by atomic mass is 10.3. The molecule has 3 heterocycles. The molecule has 0 saturated carbocycles. The van der Waals surface area contributed by atoms with Crippen LogP contribution in [0.2, 0.25) is 0 Å². The first kappa shape index (κ1) is 19.7. The number of piperazine rings is 1. The van der Waals surface area contributed by atoms with E-state index in [0.717, 1.165) is 24.7 Å². The molecule has 0 radical (unpaired) electrons. The van der Waals surface area contributed by atoms with Crippen LogP contribution in [0.4, 0.5) is 5.69 Å². The first-order valence-electron chi connectivity index (χ1n) is 7.86. The van der Waals surface area contributed by atoms with Gasteiger partial charge in [-0.3, -0.25) is 14.5 Å². The average Bonchev–Trinajstić information content (AvgIpc) is 3.17. The molecule has 1 saturated heterocycles. The van der Waals surface area contributed by atoms with Gasteiger partial charge in [0, 0.05) is 38.3 Å². The summed E-state index contributed by atoms with van der Waals surface area (Å²) in [6.07, 6.45) is 3.58. The van der Waals surface area contributed by atoms with Gasteiger partial charge in [-0.15, -0.1) is 35.3 Å². The number of guanidine groups is 1. The number of anilines is 1. The van der Waals surface area contributed by atoms with Crippen molar-refractivity contribution in [3.63, 3.8) is 0 Å². The highest BCUT2D eigenvalue weighted by molar-refractivity contribution is 14.0. The number of thiophene rings is 1. The third-order valence-electron chi connectivity index (χ3n) is 4.11. The van der Waals surface area contributed by atoms with Crippen molar-refractivity contribution in [3.05, 3.63) is 34.3 Å². The summed E-state index contributed by atoms with van der Waals surface area (Å²) in [6, 6.07) is 2.11. The molecule has 1 aliphatic heterocycles. The number of aromatic nitrogens is 2. The first-order chi connectivity index (χ1) is 11.6. The maximum Gasteiger partial charge on any atom is 0.246 e. The lowest BCUT2D eigenvalue weighted by Gasteiger charge is -2.35. The van der Waals surface area contributed by atoms with E-state index in [1.807, 2.05) is 18.1 Å². The van der Waals surface area contributed by atoms with Gasteiger partial charge in [0.2, 0.25) is 5.91 Å². The zero-order valence-corrected chi connectivity index (χ0v) is 17.7. The standard InChI is InChI=1S/C16H22N6OS.HI/c1-12-4-7-24-14(12)9-18-16(17-2)21-5-6-22(15(23)11-21)13-8-19-20(3)10-13;/h4,7-8,10H,5-6,9,11H2,1-3H3,(H,17,18);1H. The quantitative estimate of drug-likeness (QED) is 0.419. The summed E-state index contributed by atoms with van der Waals surface area (Å²) in [4.78, 5) is 21.9. The lowest BCUT2D eigenvalue weighted by Crippen LogP contribution is -2.55. The molecule has 25 heavy (non-hydrogen) atoms. The molecule has 9 heteroatoms. The second-order valence-electron chi connectivity index (χ2n) is 5.77. The van der Waals surface area contributed by atoms with E-state index >= 15 is 0 Å². The van der Waals surface area contributed by atoms with E-state index in [1.165, 1.54) is 10.4 Å². The van der Waals surface area contributed by atoms with E-state index in [-0.39, 0.29) is 29.9 Å². The number of carbonyl (C=O) groups is 1. The fourth-order valence-electron chi connectivity index (χ4n) is 2.75. The van der Waals surface area contributed by atoms with Crippen LogP contribution in [-0.2, 0) is 18.4 Å². The van der Waals surface area contributed by atoms with Crippen LogP contribution in [0.3, 0.4) is 0 Å². The Bertz CT molecular complexity index is 755. The van der Waals surface area contributed by atoms with Gasteiger partial charge in [-0.25, -0.2) is 0 Å². The minimum absolute atomic E-state index is 0. The molecule has 2 aromatic rings. The molecule has 0 aliphatic carbocycles. The van der Waals surface area contributed by atoms with Crippen molar-refractivity contribution in [2.75, 3.05) is 31.6 Å².